The van der Waals surface area contributed by atoms with Gasteiger partial charge < -0.3 is 26.9 Å². The van der Waals surface area contributed by atoms with Crippen LogP contribution in [0.2, 0.25) is 2.82 Å². The molecule has 202 valence electrons. The summed E-state index contributed by atoms with van der Waals surface area (Å²) in [4.78, 5) is 86.4. The largest absolute Gasteiger partial charge is 0.359 e. The third kappa shape index (κ3) is 13.4. The standard InChI is InChI=1S/C11H11N3O7.C4H9N3O2.CH5N.2CH4.H3N/c12-6(20-13-7(15)1-2-8(13)16)5-11(19)21-14-9(17)3-4-10(14)18;1-6-3(8)2-4(9)7-5;1-2;;;/h12H,1-5H2;2,5H2,1H3,(H,6,8)(H,7,9);2H2,1H3;2*1H4;1H3/i/hT2. The first-order chi connectivity index (χ1) is 16.6. The predicted molar refractivity (Wildman–Crippen MR) is 121 cm³/mol. The number of carbonyl (C=O) groups excluding carboxylic acids is 7. The number of hydrogen-bond donors (Lipinski definition) is 6. The highest BCUT2D eigenvalue weighted by molar-refractivity contribution is 6.04. The zero-order chi connectivity index (χ0) is 27.6. The van der Waals surface area contributed by atoms with Crippen molar-refractivity contribution in [2.45, 2.75) is 53.4 Å². The predicted octanol–water partition coefficient (Wildman–Crippen LogP) is -1.84. The third-order valence-electron chi connectivity index (χ3n) is 3.45. The monoisotopic (exact) mass is 512 g/mol. The van der Waals surface area contributed by atoms with Gasteiger partial charge in [-0.05, 0) is 7.05 Å². The van der Waals surface area contributed by atoms with E-state index in [0.29, 0.717) is 10.1 Å². The molecule has 2 heterocycles. The van der Waals surface area contributed by atoms with E-state index in [9.17, 15) is 33.6 Å². The Morgan fingerprint density at radius 3 is 1.69 bits per heavy atom. The van der Waals surface area contributed by atoms with Crippen LogP contribution in [-0.4, -0.2) is 71.5 Å². The molecule has 0 aromatic rings. The Morgan fingerprint density at radius 1 is 0.914 bits per heavy atom. The molecule has 0 radical (unpaired) electrons. The van der Waals surface area contributed by atoms with Crippen LogP contribution in [0.3, 0.4) is 0 Å². The number of hydroxylamine groups is 4. The van der Waals surface area contributed by atoms with Crippen LogP contribution in [0.15, 0.2) is 0 Å². The van der Waals surface area contributed by atoms with Crippen molar-refractivity contribution in [1.29, 1.82) is 5.41 Å². The third-order valence-corrected chi connectivity index (χ3v) is 3.45. The first kappa shape index (κ1) is 33.2. The molecule has 0 atom stereocenters. The average Bonchev–Trinajstić information content (AvgIpc) is 3.32. The zero-order valence-electron chi connectivity index (χ0n) is 20.0. The van der Waals surface area contributed by atoms with Gasteiger partial charge in [0.05, 0.1) is 0 Å². The molecule has 2 aliphatic rings. The van der Waals surface area contributed by atoms with Crippen LogP contribution < -0.4 is 28.5 Å². The molecule has 2 aliphatic heterocycles. The lowest BCUT2D eigenvalue weighted by atomic mass is 10.4. The summed E-state index contributed by atoms with van der Waals surface area (Å²) in [6.45, 7) is 0. The highest BCUT2D eigenvalue weighted by Gasteiger charge is 2.35. The Bertz CT molecular complexity index is 734. The van der Waals surface area contributed by atoms with Crippen molar-refractivity contribution in [3.05, 3.63) is 0 Å². The normalized spacial score (nSPS) is 13.9. The van der Waals surface area contributed by atoms with E-state index in [0.717, 1.165) is 0 Å². The summed E-state index contributed by atoms with van der Waals surface area (Å²) >= 11 is 0. The first-order valence-corrected chi connectivity index (χ1v) is 9.00. The minimum absolute atomic E-state index is 0. The van der Waals surface area contributed by atoms with E-state index in [4.69, 9.17) is 8.23 Å². The van der Waals surface area contributed by atoms with E-state index in [1.165, 1.54) is 14.1 Å². The molecule has 0 unspecified atom stereocenters. The number of nitrogens with two attached hydrogens (primary N) is 2. The molecule has 2 saturated heterocycles. The van der Waals surface area contributed by atoms with Crippen LogP contribution in [0, 0.1) is 5.41 Å². The number of imide groups is 2. The lowest BCUT2D eigenvalue weighted by Gasteiger charge is -2.15. The summed E-state index contributed by atoms with van der Waals surface area (Å²) in [5.41, 5.74) is 6.43. The van der Waals surface area contributed by atoms with E-state index in [1.807, 2.05) is 5.43 Å². The molecule has 0 bridgehead atoms. The fourth-order valence-electron chi connectivity index (χ4n) is 2.00. The Morgan fingerprint density at radius 2 is 1.31 bits per heavy atom. The molecule has 2 fully saturated rings. The van der Waals surface area contributed by atoms with Gasteiger partial charge in [0, 0.05) is 32.7 Å². The van der Waals surface area contributed by atoms with E-state index >= 15 is 0 Å². The number of nitrogens with one attached hydrogen (secondary N) is 3. The Balaban J connectivity index is -0.000000291. The maximum Gasteiger partial charge on any atom is 0.342 e. The minimum Gasteiger partial charge on any atom is -0.359 e. The number of hydrogen-bond acceptors (Lipinski definition) is 13. The molecule has 0 aromatic heterocycles. The van der Waals surface area contributed by atoms with Crippen LogP contribution >= 0.6 is 0 Å². The van der Waals surface area contributed by atoms with E-state index in [1.54, 1.807) is 5.84 Å². The van der Waals surface area contributed by atoms with Crippen LogP contribution in [0.25, 0.3) is 0 Å². The Labute approximate surface area is 205 Å². The Kier molecular flexibility index (Phi) is 18.5. The molecule has 0 saturated carbocycles. The van der Waals surface area contributed by atoms with Crippen LogP contribution in [0.5, 0.6) is 0 Å². The van der Waals surface area contributed by atoms with Gasteiger partial charge in [-0.15, -0.1) is 10.1 Å². The smallest absolute Gasteiger partial charge is 0.342 e. The second-order valence-corrected chi connectivity index (χ2v) is 5.72. The lowest BCUT2D eigenvalue weighted by molar-refractivity contribution is -0.197. The summed E-state index contributed by atoms with van der Waals surface area (Å²) in [5.74, 6) is -3.55. The van der Waals surface area contributed by atoms with Crippen LogP contribution in [0.4, 0.5) is 0 Å². The van der Waals surface area contributed by atoms with Crippen molar-refractivity contribution in [3.63, 3.8) is 0 Å². The van der Waals surface area contributed by atoms with Crippen molar-refractivity contribution in [3.8, 4) is 0 Å². The highest BCUT2D eigenvalue weighted by Crippen LogP contribution is 2.14. The van der Waals surface area contributed by atoms with Gasteiger partial charge in [-0.25, -0.2) is 10.6 Å². The second-order valence-electron chi connectivity index (χ2n) is 5.72. The van der Waals surface area contributed by atoms with Gasteiger partial charge in [-0.2, -0.15) is 0 Å². The van der Waals surface area contributed by atoms with Crippen LogP contribution in [-0.2, 0) is 43.2 Å². The summed E-state index contributed by atoms with van der Waals surface area (Å²) in [5, 5.41) is 10.4. The molecular weight excluding hydrogens is 472 g/mol. The number of amides is 6. The molecule has 0 aromatic carbocycles. The highest BCUT2D eigenvalue weighted by atomic mass is 16.7. The molecule has 17 nitrogen and oxygen atoms in total. The van der Waals surface area contributed by atoms with Crippen LogP contribution in [0.1, 0.15) is 53.4 Å². The summed E-state index contributed by atoms with van der Waals surface area (Å²) in [6.07, 6.45) is 2.63. The maximum absolute atomic E-state index is 11.5. The van der Waals surface area contributed by atoms with Gasteiger partial charge >= 0.3 is 5.97 Å². The molecular formula is C18H36N8O9. The Hall–Kier alpha value is -3.96. The first-order valence-electron chi connectivity index (χ1n) is 10.1. The van der Waals surface area contributed by atoms with E-state index in [-0.39, 0.29) is 52.9 Å². The molecule has 0 spiro atoms. The van der Waals surface area contributed by atoms with Gasteiger partial charge in [0.25, 0.3) is 23.6 Å². The van der Waals surface area contributed by atoms with Crippen molar-refractivity contribution >= 4 is 47.3 Å². The maximum atomic E-state index is 11.5. The molecule has 0 aliphatic carbocycles. The number of nitrogens with zero attached hydrogens (tertiary/aromatic N) is 2. The van der Waals surface area contributed by atoms with Crippen molar-refractivity contribution < 1.29 is 46.1 Å². The summed E-state index contributed by atoms with van der Waals surface area (Å²) in [6, 6.07) is 0. The molecule has 35 heavy (non-hydrogen) atoms. The van der Waals surface area contributed by atoms with Gasteiger partial charge in [-0.1, -0.05) is 14.9 Å². The van der Waals surface area contributed by atoms with Crippen molar-refractivity contribution in [2.24, 2.45) is 11.6 Å². The zero-order valence-corrected chi connectivity index (χ0v) is 18.0. The van der Waals surface area contributed by atoms with Gasteiger partial charge in [-0.3, -0.25) is 39.6 Å². The SMILES string of the molecule is C.C.CN.N=C(CC(=O)ON1C(=O)CCC1=O)ON1C(=O)CCC1=O.[3H]N.[3H]NNC(=O)CC(=O)NC. The molecule has 6 amide bonds. The van der Waals surface area contributed by atoms with Gasteiger partial charge in [0.15, 0.2) is 0 Å². The second kappa shape index (κ2) is 19.5. The fraction of sp³-hybridized carbons (Fsp3) is 0.556. The van der Waals surface area contributed by atoms with E-state index in [2.05, 4.69) is 26.9 Å². The number of rotatable bonds is 7. The van der Waals surface area contributed by atoms with Crippen molar-refractivity contribution in [1.82, 2.24) is 27.0 Å². The van der Waals surface area contributed by atoms with E-state index < -0.39 is 47.8 Å². The van der Waals surface area contributed by atoms with Crippen molar-refractivity contribution in [2.75, 3.05) is 14.1 Å². The minimum atomic E-state index is -1.08. The average molecular weight is 513 g/mol. The fourth-order valence-corrected chi connectivity index (χ4v) is 2.00. The molecule has 2 rings (SSSR count). The number of hydrazine groups is 1. The lowest BCUT2D eigenvalue weighted by Crippen LogP contribution is -2.35. The molecule has 17 heteroatoms. The summed E-state index contributed by atoms with van der Waals surface area (Å²) < 4.78 is 11.6. The van der Waals surface area contributed by atoms with Gasteiger partial charge in [0.1, 0.15) is 15.7 Å². The number of carbonyl (C=O) groups is 7. The topological polar surface area (TPSA) is 279 Å². The summed E-state index contributed by atoms with van der Waals surface area (Å²) in [7, 11) is 2.93. The van der Waals surface area contributed by atoms with Gasteiger partial charge in [0.2, 0.25) is 17.7 Å². The quantitative estimate of drug-likeness (QED) is 0.0417. The molecule has 10 N–H and O–H groups in total.